The molecule has 4 rings (SSSR count). The number of hydrogen-bond donors (Lipinski definition) is 0. The summed E-state index contributed by atoms with van der Waals surface area (Å²) in [6.45, 7) is 2.09. The Morgan fingerprint density at radius 2 is 1.86 bits per heavy atom. The summed E-state index contributed by atoms with van der Waals surface area (Å²) in [5.41, 5.74) is 1.22. The first kappa shape index (κ1) is 14.3. The highest BCUT2D eigenvalue weighted by Crippen LogP contribution is 2.55. The Hall–Kier alpha value is -1.25. The van der Waals surface area contributed by atoms with E-state index in [9.17, 15) is 14.4 Å². The highest BCUT2D eigenvalue weighted by atomic mass is 16.1. The fourth-order valence-corrected chi connectivity index (χ4v) is 5.86. The normalized spacial score (nSPS) is 44.2. The van der Waals surface area contributed by atoms with Gasteiger partial charge in [-0.3, -0.25) is 14.4 Å². The van der Waals surface area contributed by atoms with E-state index in [1.165, 1.54) is 5.57 Å². The SMILES string of the molecule is CCC1C[C@H]2[C@@H]3CCC4=CC(=O)CC[C@@H]4[C@H]3C(=O)C[C@@H]2C1=O. The number of allylic oxidation sites excluding steroid dienone is 1. The van der Waals surface area contributed by atoms with E-state index in [2.05, 4.69) is 6.92 Å². The van der Waals surface area contributed by atoms with Gasteiger partial charge < -0.3 is 0 Å². The van der Waals surface area contributed by atoms with E-state index in [1.807, 2.05) is 6.08 Å². The zero-order valence-electron chi connectivity index (χ0n) is 13.2. The summed E-state index contributed by atoms with van der Waals surface area (Å²) in [6.07, 6.45) is 7.60. The average Bonchev–Trinajstić information content (AvgIpc) is 2.83. The van der Waals surface area contributed by atoms with Gasteiger partial charge in [0, 0.05) is 30.6 Å². The van der Waals surface area contributed by atoms with Gasteiger partial charge >= 0.3 is 0 Å². The fraction of sp³-hybridized carbons (Fsp3) is 0.737. The lowest BCUT2D eigenvalue weighted by Gasteiger charge is -2.47. The minimum Gasteiger partial charge on any atom is -0.299 e. The summed E-state index contributed by atoms with van der Waals surface area (Å²) in [7, 11) is 0. The number of rotatable bonds is 1. The largest absolute Gasteiger partial charge is 0.299 e. The Bertz CT molecular complexity index is 573. The van der Waals surface area contributed by atoms with Gasteiger partial charge in [0.2, 0.25) is 0 Å². The standard InChI is InChI=1S/C19H24O3/c1-2-10-8-15-14-5-3-11-7-12(20)4-6-13(11)18(14)17(21)9-16(15)19(10)22/h7,10,13-16,18H,2-6,8-9H2,1H3/t10?,13-,14-,15-,16-,18+/m0/s1. The van der Waals surface area contributed by atoms with E-state index in [-0.39, 0.29) is 23.5 Å². The molecule has 4 aliphatic rings. The molecule has 6 atom stereocenters. The van der Waals surface area contributed by atoms with Crippen LogP contribution in [0.2, 0.25) is 0 Å². The molecule has 0 heterocycles. The number of fused-ring (bicyclic) bond motifs is 5. The van der Waals surface area contributed by atoms with Crippen molar-refractivity contribution in [2.24, 2.45) is 35.5 Å². The lowest BCUT2D eigenvalue weighted by atomic mass is 9.55. The molecule has 22 heavy (non-hydrogen) atoms. The molecule has 0 aromatic rings. The van der Waals surface area contributed by atoms with Gasteiger partial charge in [-0.2, -0.15) is 0 Å². The molecule has 0 radical (unpaired) electrons. The molecule has 3 fully saturated rings. The zero-order chi connectivity index (χ0) is 15.4. The summed E-state index contributed by atoms with van der Waals surface area (Å²) in [4.78, 5) is 37.0. The number of Topliss-reactive ketones (excluding diaryl/α,β-unsaturated/α-hetero) is 2. The third-order valence-corrected chi connectivity index (χ3v) is 6.86. The van der Waals surface area contributed by atoms with E-state index in [0.717, 1.165) is 32.1 Å². The van der Waals surface area contributed by atoms with Crippen molar-refractivity contribution >= 4 is 17.3 Å². The van der Waals surface area contributed by atoms with Crippen LogP contribution in [0.25, 0.3) is 0 Å². The second kappa shape index (κ2) is 5.14. The van der Waals surface area contributed by atoms with Crippen LogP contribution in [0.1, 0.15) is 51.9 Å². The molecule has 0 spiro atoms. The van der Waals surface area contributed by atoms with E-state index in [1.54, 1.807) is 0 Å². The fourth-order valence-electron chi connectivity index (χ4n) is 5.86. The Morgan fingerprint density at radius 3 is 2.64 bits per heavy atom. The second-order valence-electron chi connectivity index (χ2n) is 7.74. The molecule has 0 amide bonds. The van der Waals surface area contributed by atoms with Crippen LogP contribution >= 0.6 is 0 Å². The van der Waals surface area contributed by atoms with E-state index < -0.39 is 0 Å². The van der Waals surface area contributed by atoms with E-state index >= 15 is 0 Å². The van der Waals surface area contributed by atoms with Crippen LogP contribution in [0.5, 0.6) is 0 Å². The zero-order valence-corrected chi connectivity index (χ0v) is 13.2. The van der Waals surface area contributed by atoms with Crippen molar-refractivity contribution in [3.05, 3.63) is 11.6 Å². The predicted molar refractivity (Wildman–Crippen MR) is 82.0 cm³/mol. The van der Waals surface area contributed by atoms with Gasteiger partial charge in [-0.25, -0.2) is 0 Å². The van der Waals surface area contributed by atoms with Crippen LogP contribution in [-0.4, -0.2) is 17.3 Å². The Kier molecular flexibility index (Phi) is 3.35. The van der Waals surface area contributed by atoms with Gasteiger partial charge in [0.25, 0.3) is 0 Å². The summed E-state index contributed by atoms with van der Waals surface area (Å²) in [5, 5.41) is 0. The van der Waals surface area contributed by atoms with Gasteiger partial charge in [-0.15, -0.1) is 0 Å². The molecule has 4 aliphatic carbocycles. The Balaban J connectivity index is 1.66. The van der Waals surface area contributed by atoms with Crippen molar-refractivity contribution in [3.63, 3.8) is 0 Å². The second-order valence-corrected chi connectivity index (χ2v) is 7.74. The lowest BCUT2D eigenvalue weighted by Crippen LogP contribution is -2.47. The molecule has 0 saturated heterocycles. The van der Waals surface area contributed by atoms with Crippen LogP contribution in [-0.2, 0) is 14.4 Å². The molecule has 1 unspecified atom stereocenters. The highest BCUT2D eigenvalue weighted by molar-refractivity contribution is 5.95. The molecule has 3 heteroatoms. The van der Waals surface area contributed by atoms with Crippen LogP contribution in [0.15, 0.2) is 11.6 Å². The van der Waals surface area contributed by atoms with Crippen LogP contribution < -0.4 is 0 Å². The summed E-state index contributed by atoms with van der Waals surface area (Å²) in [6, 6.07) is 0. The molecular weight excluding hydrogens is 276 g/mol. The minimum absolute atomic E-state index is 0.00875. The summed E-state index contributed by atoms with van der Waals surface area (Å²) in [5.74, 6) is 2.30. The maximum Gasteiger partial charge on any atom is 0.155 e. The van der Waals surface area contributed by atoms with Crippen molar-refractivity contribution in [2.75, 3.05) is 0 Å². The third kappa shape index (κ3) is 1.97. The van der Waals surface area contributed by atoms with Crippen LogP contribution in [0.3, 0.4) is 0 Å². The number of ketones is 3. The molecule has 0 bridgehead atoms. The van der Waals surface area contributed by atoms with E-state index in [0.29, 0.717) is 42.2 Å². The van der Waals surface area contributed by atoms with Crippen molar-refractivity contribution in [1.29, 1.82) is 0 Å². The molecule has 0 aromatic heterocycles. The van der Waals surface area contributed by atoms with E-state index in [4.69, 9.17) is 0 Å². The van der Waals surface area contributed by atoms with Gasteiger partial charge in [0.1, 0.15) is 11.6 Å². The van der Waals surface area contributed by atoms with Crippen molar-refractivity contribution in [1.82, 2.24) is 0 Å². The van der Waals surface area contributed by atoms with Crippen molar-refractivity contribution < 1.29 is 14.4 Å². The quantitative estimate of drug-likeness (QED) is 0.747. The first-order valence-electron chi connectivity index (χ1n) is 8.90. The molecule has 3 nitrogen and oxygen atoms in total. The third-order valence-electron chi connectivity index (χ3n) is 6.86. The van der Waals surface area contributed by atoms with Crippen molar-refractivity contribution in [3.8, 4) is 0 Å². The first-order valence-corrected chi connectivity index (χ1v) is 8.90. The monoisotopic (exact) mass is 300 g/mol. The van der Waals surface area contributed by atoms with Crippen LogP contribution in [0.4, 0.5) is 0 Å². The maximum absolute atomic E-state index is 12.8. The molecular formula is C19H24O3. The van der Waals surface area contributed by atoms with Gasteiger partial charge in [-0.1, -0.05) is 12.5 Å². The maximum atomic E-state index is 12.8. The lowest BCUT2D eigenvalue weighted by molar-refractivity contribution is -0.139. The minimum atomic E-state index is 0.00875. The summed E-state index contributed by atoms with van der Waals surface area (Å²) < 4.78 is 0. The predicted octanol–water partition coefficient (Wildman–Crippen LogP) is 3.12. The van der Waals surface area contributed by atoms with Gasteiger partial charge in [0.15, 0.2) is 5.78 Å². The number of carbonyl (C=O) groups excluding carboxylic acids is 3. The molecule has 0 N–H and O–H groups in total. The number of carbonyl (C=O) groups is 3. The Morgan fingerprint density at radius 1 is 1.05 bits per heavy atom. The molecule has 0 aliphatic heterocycles. The number of hydrogen-bond acceptors (Lipinski definition) is 3. The smallest absolute Gasteiger partial charge is 0.155 e. The molecule has 118 valence electrons. The van der Waals surface area contributed by atoms with Crippen LogP contribution in [0, 0.1) is 35.5 Å². The first-order chi connectivity index (χ1) is 10.6. The Labute approximate surface area is 131 Å². The van der Waals surface area contributed by atoms with Crippen molar-refractivity contribution in [2.45, 2.75) is 51.9 Å². The topological polar surface area (TPSA) is 51.2 Å². The average molecular weight is 300 g/mol. The highest BCUT2D eigenvalue weighted by Gasteiger charge is 2.55. The van der Waals surface area contributed by atoms with Gasteiger partial charge in [0.05, 0.1) is 0 Å². The summed E-state index contributed by atoms with van der Waals surface area (Å²) >= 11 is 0. The molecule has 0 aromatic carbocycles. The molecule has 3 saturated carbocycles. The van der Waals surface area contributed by atoms with Gasteiger partial charge in [-0.05, 0) is 55.9 Å².